The van der Waals surface area contributed by atoms with Crippen LogP contribution in [0.4, 0.5) is 0 Å². The topological polar surface area (TPSA) is 86.5 Å². The first-order valence-corrected chi connectivity index (χ1v) is 10.1. The second-order valence-electron chi connectivity index (χ2n) is 6.89. The van der Waals surface area contributed by atoms with E-state index in [1.165, 1.54) is 29.9 Å². The van der Waals surface area contributed by atoms with Crippen LogP contribution in [0.1, 0.15) is 29.2 Å². The number of esters is 1. The Bertz CT molecular complexity index is 878. The summed E-state index contributed by atoms with van der Waals surface area (Å²) in [6.07, 6.45) is 2.82. The average molecular weight is 402 g/mol. The van der Waals surface area contributed by atoms with Gasteiger partial charge < -0.3 is 9.47 Å². The fourth-order valence-electron chi connectivity index (χ4n) is 3.93. The Hall–Kier alpha value is -2.39. The van der Waals surface area contributed by atoms with Gasteiger partial charge in [-0.3, -0.25) is 14.5 Å². The molecule has 9 heteroatoms. The molecule has 0 N–H and O–H groups in total. The maximum atomic E-state index is 13.0. The monoisotopic (exact) mass is 402 g/mol. The highest BCUT2D eigenvalue weighted by Gasteiger charge is 2.43. The zero-order chi connectivity index (χ0) is 19.7. The number of rotatable bonds is 5. The van der Waals surface area contributed by atoms with E-state index in [1.807, 2.05) is 24.3 Å². The third-order valence-electron chi connectivity index (χ3n) is 5.38. The SMILES string of the molecule is COC(=O)C1CCN(C(c2cccc(OC)c2)C2Sc3ncnn3C2=O)CC1. The molecule has 2 atom stereocenters. The van der Waals surface area contributed by atoms with Gasteiger partial charge in [-0.15, -0.1) is 0 Å². The van der Waals surface area contributed by atoms with Crippen LogP contribution in [0.3, 0.4) is 0 Å². The number of benzene rings is 1. The number of aromatic nitrogens is 3. The highest BCUT2D eigenvalue weighted by molar-refractivity contribution is 8.00. The summed E-state index contributed by atoms with van der Waals surface area (Å²) in [5.41, 5.74) is 1.01. The second kappa shape index (κ2) is 7.92. The molecule has 0 radical (unpaired) electrons. The van der Waals surface area contributed by atoms with E-state index in [2.05, 4.69) is 15.0 Å². The Kier molecular flexibility index (Phi) is 5.36. The first-order valence-electron chi connectivity index (χ1n) is 9.19. The van der Waals surface area contributed by atoms with E-state index in [0.717, 1.165) is 11.3 Å². The van der Waals surface area contributed by atoms with Crippen LogP contribution in [0.5, 0.6) is 5.75 Å². The molecule has 1 aromatic heterocycles. The van der Waals surface area contributed by atoms with Crippen molar-refractivity contribution in [2.45, 2.75) is 29.3 Å². The zero-order valence-electron chi connectivity index (χ0n) is 15.8. The van der Waals surface area contributed by atoms with E-state index in [1.54, 1.807) is 7.11 Å². The number of hydrogen-bond donors (Lipinski definition) is 0. The lowest BCUT2D eigenvalue weighted by atomic mass is 9.92. The van der Waals surface area contributed by atoms with Crippen molar-refractivity contribution in [1.29, 1.82) is 0 Å². The van der Waals surface area contributed by atoms with Gasteiger partial charge in [-0.2, -0.15) is 9.78 Å². The number of hydrogen-bond acceptors (Lipinski definition) is 8. The molecule has 2 aliphatic heterocycles. The first kappa shape index (κ1) is 18.9. The number of nitrogens with zero attached hydrogens (tertiary/aromatic N) is 4. The number of methoxy groups -OCH3 is 2. The summed E-state index contributed by atoms with van der Waals surface area (Å²) >= 11 is 1.44. The van der Waals surface area contributed by atoms with Gasteiger partial charge in [0.2, 0.25) is 0 Å². The number of carbonyl (C=O) groups is 2. The quantitative estimate of drug-likeness (QED) is 0.702. The highest BCUT2D eigenvalue weighted by Crippen LogP contribution is 2.42. The molecule has 0 bridgehead atoms. The number of ether oxygens (including phenoxy) is 2. The average Bonchev–Trinajstić information content (AvgIpc) is 3.32. The summed E-state index contributed by atoms with van der Waals surface area (Å²) in [4.78, 5) is 31.3. The fraction of sp³-hybridized carbons (Fsp3) is 0.474. The van der Waals surface area contributed by atoms with Crippen LogP contribution >= 0.6 is 11.8 Å². The predicted octanol–water partition coefficient (Wildman–Crippen LogP) is 2.03. The van der Waals surface area contributed by atoms with Gasteiger partial charge in [0.05, 0.1) is 26.2 Å². The summed E-state index contributed by atoms with van der Waals surface area (Å²) in [6, 6.07) is 7.65. The van der Waals surface area contributed by atoms with Crippen LogP contribution in [0.25, 0.3) is 0 Å². The summed E-state index contributed by atoms with van der Waals surface area (Å²) in [7, 11) is 3.06. The van der Waals surface area contributed by atoms with Crippen molar-refractivity contribution >= 4 is 23.6 Å². The summed E-state index contributed by atoms with van der Waals surface area (Å²) in [6.45, 7) is 1.42. The molecule has 2 unspecified atom stereocenters. The van der Waals surface area contributed by atoms with Crippen molar-refractivity contribution in [3.8, 4) is 5.75 Å². The van der Waals surface area contributed by atoms with Crippen LogP contribution in [0, 0.1) is 5.92 Å². The fourth-order valence-corrected chi connectivity index (χ4v) is 5.16. The predicted molar refractivity (Wildman–Crippen MR) is 102 cm³/mol. The summed E-state index contributed by atoms with van der Waals surface area (Å²) in [5, 5.41) is 4.33. The van der Waals surface area contributed by atoms with Crippen LogP contribution in [0.2, 0.25) is 0 Å². The molecular weight excluding hydrogens is 380 g/mol. The van der Waals surface area contributed by atoms with Gasteiger partial charge >= 0.3 is 5.97 Å². The van der Waals surface area contributed by atoms with Crippen LogP contribution in [-0.2, 0) is 9.53 Å². The number of fused-ring (bicyclic) bond motifs is 1. The van der Waals surface area contributed by atoms with E-state index in [4.69, 9.17) is 9.47 Å². The standard InChI is InChI=1S/C19H22N4O4S/c1-26-14-5-3-4-13(10-14)15(16-17(24)23-19(28-16)20-11-21-23)22-8-6-12(7-9-22)18(25)27-2/h3-5,10-12,15-16H,6-9H2,1-2H3. The largest absolute Gasteiger partial charge is 0.497 e. The zero-order valence-corrected chi connectivity index (χ0v) is 16.6. The lowest BCUT2D eigenvalue weighted by molar-refractivity contribution is -0.147. The van der Waals surface area contributed by atoms with Gasteiger partial charge in [0.1, 0.15) is 17.3 Å². The van der Waals surface area contributed by atoms with Gasteiger partial charge in [-0.05, 0) is 43.6 Å². The molecule has 0 saturated carbocycles. The van der Waals surface area contributed by atoms with Gasteiger partial charge in [-0.25, -0.2) is 4.98 Å². The Labute approximate surface area is 167 Å². The van der Waals surface area contributed by atoms with Gasteiger partial charge in [0.25, 0.3) is 5.91 Å². The molecule has 2 aromatic rings. The minimum absolute atomic E-state index is 0.0691. The summed E-state index contributed by atoms with van der Waals surface area (Å²) < 4.78 is 11.7. The lowest BCUT2D eigenvalue weighted by Crippen LogP contribution is -2.44. The molecule has 1 aromatic carbocycles. The van der Waals surface area contributed by atoms with E-state index < -0.39 is 0 Å². The maximum Gasteiger partial charge on any atom is 0.308 e. The van der Waals surface area contributed by atoms with E-state index in [-0.39, 0.29) is 29.1 Å². The second-order valence-corrected chi connectivity index (χ2v) is 7.99. The molecule has 1 saturated heterocycles. The number of thioether (sulfide) groups is 1. The molecule has 8 nitrogen and oxygen atoms in total. The van der Waals surface area contributed by atoms with E-state index >= 15 is 0 Å². The number of likely N-dealkylation sites (tertiary alicyclic amines) is 1. The van der Waals surface area contributed by atoms with Gasteiger partial charge in [-0.1, -0.05) is 23.9 Å². The molecule has 4 rings (SSSR count). The molecule has 0 aliphatic carbocycles. The van der Waals surface area contributed by atoms with Crippen LogP contribution in [-0.4, -0.2) is 64.1 Å². The van der Waals surface area contributed by atoms with Gasteiger partial charge in [0, 0.05) is 0 Å². The molecule has 3 heterocycles. The van der Waals surface area contributed by atoms with Crippen molar-refractivity contribution in [2.24, 2.45) is 5.92 Å². The minimum atomic E-state index is -0.349. The highest BCUT2D eigenvalue weighted by atomic mass is 32.2. The Morgan fingerprint density at radius 1 is 1.29 bits per heavy atom. The van der Waals surface area contributed by atoms with Gasteiger partial charge in [0.15, 0.2) is 5.16 Å². The maximum absolute atomic E-state index is 13.0. The normalized spacial score (nSPS) is 21.4. The Morgan fingerprint density at radius 2 is 2.07 bits per heavy atom. The molecule has 1 fully saturated rings. The van der Waals surface area contributed by atoms with Crippen molar-refractivity contribution in [2.75, 3.05) is 27.3 Å². The van der Waals surface area contributed by atoms with Crippen LogP contribution in [0.15, 0.2) is 35.7 Å². The van der Waals surface area contributed by atoms with Crippen molar-refractivity contribution < 1.29 is 19.1 Å². The lowest BCUT2D eigenvalue weighted by Gasteiger charge is -2.38. The van der Waals surface area contributed by atoms with Crippen LogP contribution < -0.4 is 4.74 Å². The Balaban J connectivity index is 1.62. The third-order valence-corrected chi connectivity index (χ3v) is 6.58. The van der Waals surface area contributed by atoms with E-state index in [9.17, 15) is 9.59 Å². The number of piperidine rings is 1. The Morgan fingerprint density at radius 3 is 2.75 bits per heavy atom. The molecule has 0 spiro atoms. The van der Waals surface area contributed by atoms with Crippen molar-refractivity contribution in [1.82, 2.24) is 19.7 Å². The minimum Gasteiger partial charge on any atom is -0.497 e. The van der Waals surface area contributed by atoms with Crippen molar-refractivity contribution in [3.05, 3.63) is 36.2 Å². The molecule has 0 amide bonds. The van der Waals surface area contributed by atoms with E-state index in [0.29, 0.717) is 31.1 Å². The molecule has 148 valence electrons. The first-order chi connectivity index (χ1) is 13.6. The smallest absolute Gasteiger partial charge is 0.308 e. The molecule has 2 aliphatic rings. The molecular formula is C19H22N4O4S. The molecule has 28 heavy (non-hydrogen) atoms. The number of carbonyl (C=O) groups excluding carboxylic acids is 2. The third kappa shape index (κ3) is 3.40. The summed E-state index contributed by atoms with van der Waals surface area (Å²) in [5.74, 6) is 0.433. The van der Waals surface area contributed by atoms with Crippen molar-refractivity contribution in [3.63, 3.8) is 0 Å².